The van der Waals surface area contributed by atoms with Crippen LogP contribution >= 0.6 is 18.9 Å². The zero-order valence-electron chi connectivity index (χ0n) is 14.4. The van der Waals surface area contributed by atoms with Crippen LogP contribution < -0.4 is 9.61 Å². The Hall–Kier alpha value is -1.35. The zero-order chi connectivity index (χ0) is 17.7. The van der Waals surface area contributed by atoms with Crippen molar-refractivity contribution in [2.45, 2.75) is 33.7 Å². The third-order valence-electron chi connectivity index (χ3n) is 3.22. The first kappa shape index (κ1) is 19.0. The number of carbonyl (C=O) groups is 1. The van der Waals surface area contributed by atoms with Gasteiger partial charge >= 0.3 is 5.97 Å². The molecule has 0 aliphatic rings. The van der Waals surface area contributed by atoms with Gasteiger partial charge in [-0.3, -0.25) is 4.79 Å². The van der Waals surface area contributed by atoms with E-state index in [0.29, 0.717) is 12.4 Å². The first-order valence-electron chi connectivity index (χ1n) is 7.81. The van der Waals surface area contributed by atoms with Crippen molar-refractivity contribution in [3.05, 3.63) is 42.5 Å². The minimum Gasteiger partial charge on any atom is -0.464 e. The summed E-state index contributed by atoms with van der Waals surface area (Å²) in [7, 11) is -1.52. The summed E-state index contributed by atoms with van der Waals surface area (Å²) in [4.78, 5) is 12.0. The van der Waals surface area contributed by atoms with Gasteiger partial charge in [0.05, 0.1) is 6.61 Å². The third-order valence-corrected chi connectivity index (χ3v) is 4.67. The van der Waals surface area contributed by atoms with Gasteiger partial charge in [0.1, 0.15) is 11.8 Å². The van der Waals surface area contributed by atoms with Crippen molar-refractivity contribution < 1.29 is 14.1 Å². The Balaban J connectivity index is 1.94. The minimum atomic E-state index is -1.52. The number of ether oxygens (including phenoxy) is 1. The van der Waals surface area contributed by atoms with Gasteiger partial charge in [-0.25, -0.2) is 5.09 Å². The Morgan fingerprint density at radius 1 is 1.21 bits per heavy atom. The smallest absolute Gasteiger partial charge is 0.323 e. The van der Waals surface area contributed by atoms with E-state index in [-0.39, 0.29) is 11.4 Å². The number of nitrogens with one attached hydrogen (secondary N) is 1. The molecule has 0 aliphatic carbocycles. The average molecular weight is 368 g/mol. The van der Waals surface area contributed by atoms with Crippen LogP contribution in [0.3, 0.4) is 0 Å². The number of hydrogen-bond acceptors (Lipinski definition) is 4. The van der Waals surface area contributed by atoms with Crippen LogP contribution in [-0.2, 0) is 9.53 Å². The zero-order valence-corrected chi connectivity index (χ0v) is 16.0. The molecule has 2 atom stereocenters. The molecular formula is C18H23ClNO3P. The normalized spacial score (nSPS) is 14.2. The van der Waals surface area contributed by atoms with E-state index >= 15 is 0 Å². The van der Waals surface area contributed by atoms with Crippen LogP contribution in [0.1, 0.15) is 27.7 Å². The van der Waals surface area contributed by atoms with E-state index in [1.807, 2.05) is 63.2 Å². The molecule has 1 N–H and O–H groups in total. The summed E-state index contributed by atoms with van der Waals surface area (Å²) in [5, 5.41) is 5.02. The van der Waals surface area contributed by atoms with Crippen LogP contribution in [0, 0.1) is 5.41 Å². The van der Waals surface area contributed by atoms with Crippen molar-refractivity contribution >= 4 is 35.6 Å². The summed E-state index contributed by atoms with van der Waals surface area (Å²) in [6.45, 7) is 8.11. The highest BCUT2D eigenvalue weighted by Gasteiger charge is 2.22. The van der Waals surface area contributed by atoms with E-state index in [0.717, 1.165) is 10.8 Å². The van der Waals surface area contributed by atoms with Crippen LogP contribution in [0.25, 0.3) is 10.8 Å². The second kappa shape index (κ2) is 8.15. The molecule has 0 spiro atoms. The lowest BCUT2D eigenvalue weighted by Gasteiger charge is -2.21. The van der Waals surface area contributed by atoms with Crippen LogP contribution in [0.2, 0.25) is 0 Å². The lowest BCUT2D eigenvalue weighted by molar-refractivity contribution is -0.147. The van der Waals surface area contributed by atoms with E-state index in [1.54, 1.807) is 6.92 Å². The molecule has 2 aromatic rings. The number of rotatable bonds is 6. The van der Waals surface area contributed by atoms with Crippen molar-refractivity contribution in [1.29, 1.82) is 0 Å². The molecule has 0 bridgehead atoms. The maximum atomic E-state index is 12.0. The average Bonchev–Trinajstić information content (AvgIpc) is 2.52. The number of halogens is 1. The summed E-state index contributed by atoms with van der Waals surface area (Å²) in [5.41, 5.74) is -0.0689. The van der Waals surface area contributed by atoms with E-state index in [9.17, 15) is 4.79 Å². The first-order valence-corrected chi connectivity index (χ1v) is 9.97. The van der Waals surface area contributed by atoms with Gasteiger partial charge in [0, 0.05) is 5.39 Å². The van der Waals surface area contributed by atoms with Crippen LogP contribution in [0.15, 0.2) is 42.5 Å². The van der Waals surface area contributed by atoms with Gasteiger partial charge in [-0.2, -0.15) is 0 Å². The molecule has 2 aromatic carbocycles. The maximum absolute atomic E-state index is 12.0. The molecule has 0 saturated carbocycles. The number of esters is 1. The molecule has 0 aliphatic heterocycles. The van der Waals surface area contributed by atoms with E-state index < -0.39 is 13.7 Å². The quantitative estimate of drug-likeness (QED) is 0.559. The van der Waals surface area contributed by atoms with Gasteiger partial charge in [-0.05, 0) is 35.0 Å². The van der Waals surface area contributed by atoms with Crippen molar-refractivity contribution in [2.75, 3.05) is 6.61 Å². The summed E-state index contributed by atoms with van der Waals surface area (Å²) >= 11 is 6.27. The van der Waals surface area contributed by atoms with E-state index in [4.69, 9.17) is 20.5 Å². The molecule has 6 heteroatoms. The Labute approximate surface area is 149 Å². The molecule has 24 heavy (non-hydrogen) atoms. The molecular weight excluding hydrogens is 345 g/mol. The van der Waals surface area contributed by atoms with Gasteiger partial charge in [0.2, 0.25) is 0 Å². The predicted molar refractivity (Wildman–Crippen MR) is 100 cm³/mol. The van der Waals surface area contributed by atoms with E-state index in [2.05, 4.69) is 5.09 Å². The highest BCUT2D eigenvalue weighted by Crippen LogP contribution is 2.42. The standard InChI is InChI=1S/C18H23ClNO3P/c1-13(17(21)22-12-18(2,3)4)20-24(19)23-16-11-7-9-14-8-5-6-10-15(14)16/h5-11,13,20H,12H2,1-4H3. The summed E-state index contributed by atoms with van der Waals surface area (Å²) < 4.78 is 11.1. The molecule has 0 fully saturated rings. The van der Waals surface area contributed by atoms with Crippen molar-refractivity contribution in [3.63, 3.8) is 0 Å². The fourth-order valence-corrected chi connectivity index (χ4v) is 3.46. The summed E-state index contributed by atoms with van der Waals surface area (Å²) in [6, 6.07) is 13.2. The highest BCUT2D eigenvalue weighted by molar-refractivity contribution is 7.78. The molecule has 0 aromatic heterocycles. The summed E-state index contributed by atoms with van der Waals surface area (Å²) in [5.74, 6) is 0.358. The monoisotopic (exact) mass is 367 g/mol. The Morgan fingerprint density at radius 2 is 1.88 bits per heavy atom. The molecule has 130 valence electrons. The second-order valence-electron chi connectivity index (χ2n) is 6.83. The molecule has 0 amide bonds. The molecule has 0 saturated heterocycles. The van der Waals surface area contributed by atoms with E-state index in [1.165, 1.54) is 0 Å². The van der Waals surface area contributed by atoms with Gasteiger partial charge in [-0.1, -0.05) is 57.2 Å². The molecule has 0 radical (unpaired) electrons. The molecule has 4 nitrogen and oxygen atoms in total. The molecule has 0 heterocycles. The Bertz CT molecular complexity index is 697. The number of fused-ring (bicyclic) bond motifs is 1. The number of carbonyl (C=O) groups excluding carboxylic acids is 1. The van der Waals surface area contributed by atoms with Crippen molar-refractivity contribution in [1.82, 2.24) is 5.09 Å². The lowest BCUT2D eigenvalue weighted by Crippen LogP contribution is -2.33. The van der Waals surface area contributed by atoms with Crippen LogP contribution in [0.4, 0.5) is 0 Å². The largest absolute Gasteiger partial charge is 0.464 e. The maximum Gasteiger partial charge on any atom is 0.323 e. The van der Waals surface area contributed by atoms with Gasteiger partial charge in [0.15, 0.2) is 0 Å². The topological polar surface area (TPSA) is 47.6 Å². The summed E-state index contributed by atoms with van der Waals surface area (Å²) in [6.07, 6.45) is 0. The van der Waals surface area contributed by atoms with Crippen LogP contribution in [0.5, 0.6) is 5.75 Å². The Morgan fingerprint density at radius 3 is 2.58 bits per heavy atom. The molecule has 2 rings (SSSR count). The number of hydrogen-bond donors (Lipinski definition) is 1. The third kappa shape index (κ3) is 5.62. The molecule has 2 unspecified atom stereocenters. The Kier molecular flexibility index (Phi) is 6.45. The van der Waals surface area contributed by atoms with Crippen LogP contribution in [-0.4, -0.2) is 18.6 Å². The minimum absolute atomic E-state index is 0.0689. The van der Waals surface area contributed by atoms with Crippen molar-refractivity contribution in [3.8, 4) is 5.75 Å². The fraction of sp³-hybridized carbons (Fsp3) is 0.389. The highest BCUT2D eigenvalue weighted by atomic mass is 35.7. The SMILES string of the molecule is CC(NP(Cl)Oc1cccc2ccccc12)C(=O)OCC(C)(C)C. The van der Waals surface area contributed by atoms with Gasteiger partial charge < -0.3 is 9.26 Å². The predicted octanol–water partition coefficient (Wildman–Crippen LogP) is 5.25. The fourth-order valence-electron chi connectivity index (χ4n) is 2.01. The van der Waals surface area contributed by atoms with Gasteiger partial charge in [0.25, 0.3) is 7.65 Å². The lowest BCUT2D eigenvalue weighted by atomic mass is 9.99. The van der Waals surface area contributed by atoms with Gasteiger partial charge in [-0.15, -0.1) is 0 Å². The second-order valence-corrected chi connectivity index (χ2v) is 8.68. The van der Waals surface area contributed by atoms with Crippen molar-refractivity contribution in [2.24, 2.45) is 5.41 Å². The number of benzene rings is 2. The first-order chi connectivity index (χ1) is 11.3.